The van der Waals surface area contributed by atoms with Crippen LogP contribution in [0.5, 0.6) is 0 Å². The van der Waals surface area contributed by atoms with Gasteiger partial charge in [0.1, 0.15) is 0 Å². The van der Waals surface area contributed by atoms with Gasteiger partial charge in [0.25, 0.3) is 5.91 Å². The van der Waals surface area contributed by atoms with E-state index in [-0.39, 0.29) is 12.5 Å². The minimum absolute atomic E-state index is 0.0143. The average molecular weight is 236 g/mol. The molecule has 4 heteroatoms. The first-order chi connectivity index (χ1) is 8.04. The molecule has 0 saturated carbocycles. The molecule has 0 atom stereocenters. The molecule has 0 aromatic heterocycles. The molecule has 94 valence electrons. The third-order valence-electron chi connectivity index (χ3n) is 2.45. The summed E-state index contributed by atoms with van der Waals surface area (Å²) in [6.45, 7) is 1.15. The van der Waals surface area contributed by atoms with Gasteiger partial charge in [0.2, 0.25) is 0 Å². The maximum Gasteiger partial charge on any atom is 0.253 e. The highest BCUT2D eigenvalue weighted by Gasteiger charge is 2.11. The van der Waals surface area contributed by atoms with Gasteiger partial charge in [-0.2, -0.15) is 0 Å². The van der Waals surface area contributed by atoms with Crippen molar-refractivity contribution >= 4 is 5.91 Å². The van der Waals surface area contributed by atoms with Crippen molar-refractivity contribution in [3.05, 3.63) is 35.4 Å². The molecule has 1 N–H and O–H groups in total. The number of hydrogen-bond donors (Lipinski definition) is 1. The van der Waals surface area contributed by atoms with Crippen molar-refractivity contribution in [2.24, 2.45) is 0 Å². The zero-order valence-corrected chi connectivity index (χ0v) is 10.7. The van der Waals surface area contributed by atoms with Crippen LogP contribution in [0.3, 0.4) is 0 Å². The van der Waals surface area contributed by atoms with Crippen LogP contribution in [-0.2, 0) is 6.54 Å². The second-order valence-electron chi connectivity index (χ2n) is 4.39. The summed E-state index contributed by atoms with van der Waals surface area (Å²) in [6, 6.07) is 7.59. The lowest BCUT2D eigenvalue weighted by Crippen LogP contribution is -2.29. The molecule has 1 aromatic rings. The van der Waals surface area contributed by atoms with Crippen molar-refractivity contribution in [1.29, 1.82) is 0 Å². The number of likely N-dealkylation sites (N-methyl/N-ethyl adjacent to an activating group) is 1. The fourth-order valence-corrected chi connectivity index (χ4v) is 1.64. The van der Waals surface area contributed by atoms with Crippen LogP contribution >= 0.6 is 0 Å². The Balaban J connectivity index is 2.80. The minimum Gasteiger partial charge on any atom is -0.395 e. The predicted octanol–water partition coefficient (Wildman–Crippen LogP) is 0.812. The fourth-order valence-electron chi connectivity index (χ4n) is 1.64. The molecule has 0 unspecified atom stereocenters. The lowest BCUT2D eigenvalue weighted by Gasteiger charge is -2.16. The van der Waals surface area contributed by atoms with E-state index in [1.165, 1.54) is 4.90 Å². The summed E-state index contributed by atoms with van der Waals surface area (Å²) in [5.41, 5.74) is 1.78. The van der Waals surface area contributed by atoms with Crippen LogP contribution in [0.25, 0.3) is 0 Å². The van der Waals surface area contributed by atoms with Gasteiger partial charge in [-0.1, -0.05) is 12.1 Å². The van der Waals surface area contributed by atoms with E-state index in [2.05, 4.69) is 4.90 Å². The lowest BCUT2D eigenvalue weighted by atomic mass is 10.1. The molecule has 0 aliphatic carbocycles. The standard InChI is InChI=1S/C13H20N2O2/c1-14(2)10-11-5-4-6-12(9-11)13(17)15(3)7-8-16/h4-6,9,16H,7-8,10H2,1-3H3. The van der Waals surface area contributed by atoms with Crippen molar-refractivity contribution in [3.63, 3.8) is 0 Å². The number of benzene rings is 1. The monoisotopic (exact) mass is 236 g/mol. The maximum atomic E-state index is 12.0. The van der Waals surface area contributed by atoms with Crippen molar-refractivity contribution < 1.29 is 9.90 Å². The van der Waals surface area contributed by atoms with E-state index in [0.29, 0.717) is 12.1 Å². The Morgan fingerprint density at radius 2 is 2.00 bits per heavy atom. The highest BCUT2D eigenvalue weighted by molar-refractivity contribution is 5.94. The molecule has 0 aliphatic heterocycles. The van der Waals surface area contributed by atoms with Crippen LogP contribution in [0, 0.1) is 0 Å². The molecule has 0 saturated heterocycles. The predicted molar refractivity (Wildman–Crippen MR) is 67.9 cm³/mol. The van der Waals surface area contributed by atoms with Crippen LogP contribution in [0.2, 0.25) is 0 Å². The highest BCUT2D eigenvalue weighted by atomic mass is 16.3. The van der Waals surface area contributed by atoms with Gasteiger partial charge in [0.15, 0.2) is 0 Å². The van der Waals surface area contributed by atoms with E-state index in [1.54, 1.807) is 13.1 Å². The van der Waals surface area contributed by atoms with Gasteiger partial charge in [-0.3, -0.25) is 4.79 Å². The van der Waals surface area contributed by atoms with Crippen LogP contribution in [0.4, 0.5) is 0 Å². The Bertz CT molecular complexity index is 377. The molecule has 1 rings (SSSR count). The number of hydrogen-bond acceptors (Lipinski definition) is 3. The van der Waals surface area contributed by atoms with Crippen molar-refractivity contribution in [3.8, 4) is 0 Å². The van der Waals surface area contributed by atoms with Crippen molar-refractivity contribution in [2.75, 3.05) is 34.3 Å². The molecule has 1 aromatic carbocycles. The first-order valence-corrected chi connectivity index (χ1v) is 5.64. The molecular weight excluding hydrogens is 216 g/mol. The van der Waals surface area contributed by atoms with Gasteiger partial charge in [-0.05, 0) is 31.8 Å². The third-order valence-corrected chi connectivity index (χ3v) is 2.45. The Kier molecular flexibility index (Phi) is 5.12. The Morgan fingerprint density at radius 3 is 2.59 bits per heavy atom. The number of aliphatic hydroxyl groups excluding tert-OH is 1. The summed E-state index contributed by atoms with van der Waals surface area (Å²) >= 11 is 0. The number of carbonyl (C=O) groups is 1. The zero-order valence-electron chi connectivity index (χ0n) is 10.7. The van der Waals surface area contributed by atoms with Gasteiger partial charge in [0, 0.05) is 25.7 Å². The third kappa shape index (κ3) is 4.17. The van der Waals surface area contributed by atoms with Gasteiger partial charge in [-0.15, -0.1) is 0 Å². The lowest BCUT2D eigenvalue weighted by molar-refractivity contribution is 0.0767. The largest absolute Gasteiger partial charge is 0.395 e. The first-order valence-electron chi connectivity index (χ1n) is 5.64. The minimum atomic E-state index is -0.0559. The van der Waals surface area contributed by atoms with Crippen LogP contribution < -0.4 is 0 Å². The molecule has 0 fully saturated rings. The molecule has 0 radical (unpaired) electrons. The normalized spacial score (nSPS) is 10.6. The van der Waals surface area contributed by atoms with E-state index in [0.717, 1.165) is 12.1 Å². The van der Waals surface area contributed by atoms with Crippen molar-refractivity contribution in [2.45, 2.75) is 6.54 Å². The molecule has 1 amide bonds. The number of nitrogens with zero attached hydrogens (tertiary/aromatic N) is 2. The average Bonchev–Trinajstić information content (AvgIpc) is 2.28. The SMILES string of the molecule is CN(C)Cc1cccc(C(=O)N(C)CCO)c1. The molecule has 0 aliphatic rings. The smallest absolute Gasteiger partial charge is 0.253 e. The quantitative estimate of drug-likeness (QED) is 0.823. The number of amides is 1. The van der Waals surface area contributed by atoms with Crippen molar-refractivity contribution in [1.82, 2.24) is 9.80 Å². The summed E-state index contributed by atoms with van der Waals surface area (Å²) in [4.78, 5) is 15.6. The molecule has 4 nitrogen and oxygen atoms in total. The van der Waals surface area contributed by atoms with E-state index in [1.807, 2.05) is 32.3 Å². The van der Waals surface area contributed by atoms with E-state index < -0.39 is 0 Å². The Hall–Kier alpha value is -1.39. The molecule has 0 bridgehead atoms. The zero-order chi connectivity index (χ0) is 12.8. The topological polar surface area (TPSA) is 43.8 Å². The fraction of sp³-hybridized carbons (Fsp3) is 0.462. The molecule has 17 heavy (non-hydrogen) atoms. The van der Waals surface area contributed by atoms with Crippen LogP contribution in [0.1, 0.15) is 15.9 Å². The summed E-state index contributed by atoms with van der Waals surface area (Å²) in [5.74, 6) is -0.0559. The maximum absolute atomic E-state index is 12.0. The van der Waals surface area contributed by atoms with E-state index >= 15 is 0 Å². The van der Waals surface area contributed by atoms with Gasteiger partial charge in [-0.25, -0.2) is 0 Å². The highest BCUT2D eigenvalue weighted by Crippen LogP contribution is 2.09. The van der Waals surface area contributed by atoms with E-state index in [9.17, 15) is 4.79 Å². The van der Waals surface area contributed by atoms with Gasteiger partial charge in [0.05, 0.1) is 6.61 Å². The van der Waals surface area contributed by atoms with Crippen LogP contribution in [0.15, 0.2) is 24.3 Å². The number of carbonyl (C=O) groups excluding carboxylic acids is 1. The van der Waals surface area contributed by atoms with E-state index in [4.69, 9.17) is 5.11 Å². The second-order valence-corrected chi connectivity index (χ2v) is 4.39. The Labute approximate surface area is 102 Å². The van der Waals surface area contributed by atoms with Crippen LogP contribution in [-0.4, -0.2) is 55.1 Å². The number of aliphatic hydroxyl groups is 1. The molecule has 0 spiro atoms. The molecule has 0 heterocycles. The Morgan fingerprint density at radius 1 is 1.29 bits per heavy atom. The second kappa shape index (κ2) is 6.37. The number of rotatable bonds is 5. The van der Waals surface area contributed by atoms with Gasteiger partial charge < -0.3 is 14.9 Å². The van der Waals surface area contributed by atoms with Gasteiger partial charge >= 0.3 is 0 Å². The molecular formula is C13H20N2O2. The summed E-state index contributed by atoms with van der Waals surface area (Å²) in [6.07, 6.45) is 0. The summed E-state index contributed by atoms with van der Waals surface area (Å²) in [7, 11) is 5.68. The summed E-state index contributed by atoms with van der Waals surface area (Å²) in [5, 5.41) is 8.81. The summed E-state index contributed by atoms with van der Waals surface area (Å²) < 4.78 is 0. The first kappa shape index (κ1) is 13.7.